The maximum atomic E-state index is 12.2. The van der Waals surface area contributed by atoms with Crippen molar-refractivity contribution >= 4 is 28.3 Å². The molecule has 0 aliphatic rings. The van der Waals surface area contributed by atoms with Gasteiger partial charge in [0.15, 0.2) is 0 Å². The Kier molecular flexibility index (Phi) is 3.59. The fourth-order valence-electron chi connectivity index (χ4n) is 1.99. The van der Waals surface area contributed by atoms with E-state index in [-0.39, 0.29) is 28.1 Å². The van der Waals surface area contributed by atoms with Gasteiger partial charge in [-0.3, -0.25) is 4.79 Å². The summed E-state index contributed by atoms with van der Waals surface area (Å²) in [5, 5.41) is 19.1. The Labute approximate surface area is 113 Å². The number of aliphatic hydroxyl groups is 1. The average Bonchev–Trinajstić information content (AvgIpc) is 2.31. The molecule has 2 rings (SSSR count). The average molecular weight is 282 g/mol. The lowest BCUT2D eigenvalue weighted by Crippen LogP contribution is -2.25. The van der Waals surface area contributed by atoms with Crippen LogP contribution >= 0.6 is 11.6 Å². The van der Waals surface area contributed by atoms with E-state index in [0.717, 1.165) is 0 Å². The molecule has 0 saturated carbocycles. The summed E-state index contributed by atoms with van der Waals surface area (Å²) in [5.41, 5.74) is -0.432. The lowest BCUT2D eigenvalue weighted by molar-refractivity contribution is 0.0699. The van der Waals surface area contributed by atoms with Gasteiger partial charge in [-0.25, -0.2) is 4.79 Å². The van der Waals surface area contributed by atoms with Crippen LogP contribution in [0.2, 0.25) is 5.02 Å². The number of aliphatic hydroxyl groups excluding tert-OH is 1. The number of hydrogen-bond donors (Lipinski definition) is 2. The predicted molar refractivity (Wildman–Crippen MR) is 71.9 cm³/mol. The van der Waals surface area contributed by atoms with E-state index >= 15 is 0 Å². The molecule has 1 heterocycles. The number of pyridine rings is 1. The van der Waals surface area contributed by atoms with Gasteiger partial charge in [-0.15, -0.1) is 0 Å². The van der Waals surface area contributed by atoms with Crippen LogP contribution < -0.4 is 5.56 Å². The summed E-state index contributed by atoms with van der Waals surface area (Å²) in [6.07, 6.45) is 0.793. The Morgan fingerprint density at radius 1 is 1.37 bits per heavy atom. The molecule has 0 saturated heterocycles. The summed E-state index contributed by atoms with van der Waals surface area (Å²) in [6.45, 7) is 1.72. The van der Waals surface area contributed by atoms with Gasteiger partial charge in [0, 0.05) is 17.0 Å². The van der Waals surface area contributed by atoms with Crippen LogP contribution in [0.25, 0.3) is 10.8 Å². The van der Waals surface area contributed by atoms with Gasteiger partial charge in [-0.05, 0) is 25.1 Å². The van der Waals surface area contributed by atoms with Crippen LogP contribution in [-0.2, 0) is 6.54 Å². The highest BCUT2D eigenvalue weighted by Crippen LogP contribution is 2.24. The Morgan fingerprint density at radius 3 is 2.63 bits per heavy atom. The van der Waals surface area contributed by atoms with E-state index < -0.39 is 12.1 Å². The summed E-state index contributed by atoms with van der Waals surface area (Å²) < 4.78 is 1.34. The molecular formula is C13H12ClNO4. The van der Waals surface area contributed by atoms with Gasteiger partial charge < -0.3 is 14.8 Å². The minimum absolute atomic E-state index is 0.0829. The predicted octanol–water partition coefficient (Wildman–Crippen LogP) is 1.73. The minimum Gasteiger partial charge on any atom is -0.478 e. The Morgan fingerprint density at radius 2 is 2.05 bits per heavy atom. The molecule has 0 amide bonds. The molecule has 1 aromatic carbocycles. The Bertz CT molecular complexity index is 706. The number of benzene rings is 1. The lowest BCUT2D eigenvalue weighted by Gasteiger charge is -2.10. The molecule has 1 atom stereocenters. The van der Waals surface area contributed by atoms with Crippen molar-refractivity contribution in [2.75, 3.05) is 0 Å². The summed E-state index contributed by atoms with van der Waals surface area (Å²) in [6, 6.07) is 4.40. The summed E-state index contributed by atoms with van der Waals surface area (Å²) >= 11 is 5.84. The van der Waals surface area contributed by atoms with Crippen LogP contribution in [0.4, 0.5) is 0 Å². The fraction of sp³-hybridized carbons (Fsp3) is 0.231. The van der Waals surface area contributed by atoms with E-state index in [9.17, 15) is 14.7 Å². The van der Waals surface area contributed by atoms with Crippen molar-refractivity contribution in [3.63, 3.8) is 0 Å². The molecule has 0 spiro atoms. The number of hydrogen-bond acceptors (Lipinski definition) is 3. The zero-order valence-corrected chi connectivity index (χ0v) is 10.9. The van der Waals surface area contributed by atoms with Crippen molar-refractivity contribution < 1.29 is 15.0 Å². The Hall–Kier alpha value is -1.85. The third-order valence-corrected chi connectivity index (χ3v) is 3.10. The standard InChI is InChI=1S/C13H12ClNO4/c1-7(16)6-15-5-4-8-9(12(15)17)2-3-10(14)11(8)13(18)19/h2-5,7,16H,6H2,1H3,(H,18,19). The molecule has 100 valence electrons. The highest BCUT2D eigenvalue weighted by molar-refractivity contribution is 6.35. The van der Waals surface area contributed by atoms with E-state index in [1.165, 1.54) is 29.0 Å². The summed E-state index contributed by atoms with van der Waals surface area (Å²) in [4.78, 5) is 23.3. The van der Waals surface area contributed by atoms with E-state index in [1.807, 2.05) is 0 Å². The molecular weight excluding hydrogens is 270 g/mol. The molecule has 5 nitrogen and oxygen atoms in total. The summed E-state index contributed by atoms with van der Waals surface area (Å²) in [5.74, 6) is -1.18. The number of halogens is 1. The normalized spacial score (nSPS) is 12.6. The molecule has 2 aromatic rings. The number of rotatable bonds is 3. The monoisotopic (exact) mass is 281 g/mol. The van der Waals surface area contributed by atoms with Crippen LogP contribution in [0, 0.1) is 0 Å². The second-order valence-electron chi connectivity index (χ2n) is 4.31. The van der Waals surface area contributed by atoms with Gasteiger partial charge in [0.2, 0.25) is 0 Å². The maximum Gasteiger partial charge on any atom is 0.337 e. The topological polar surface area (TPSA) is 79.5 Å². The van der Waals surface area contributed by atoms with Crippen molar-refractivity contribution in [3.05, 3.63) is 45.3 Å². The molecule has 1 aromatic heterocycles. The van der Waals surface area contributed by atoms with Crippen molar-refractivity contribution in [2.45, 2.75) is 19.6 Å². The number of carboxylic acid groups (broad SMARTS) is 1. The lowest BCUT2D eigenvalue weighted by atomic mass is 10.1. The number of carboxylic acids is 1. The van der Waals surface area contributed by atoms with Crippen LogP contribution in [0.1, 0.15) is 17.3 Å². The van der Waals surface area contributed by atoms with Crippen molar-refractivity contribution in [1.82, 2.24) is 4.57 Å². The first-order valence-corrected chi connectivity index (χ1v) is 6.02. The quantitative estimate of drug-likeness (QED) is 0.898. The molecule has 0 fully saturated rings. The number of fused-ring (bicyclic) bond motifs is 1. The first-order valence-electron chi connectivity index (χ1n) is 5.65. The Balaban J connectivity index is 2.76. The molecule has 0 aliphatic carbocycles. The van der Waals surface area contributed by atoms with Gasteiger partial charge in [-0.1, -0.05) is 11.6 Å². The molecule has 2 N–H and O–H groups in total. The van der Waals surface area contributed by atoms with Crippen molar-refractivity contribution in [3.8, 4) is 0 Å². The van der Waals surface area contributed by atoms with E-state index in [0.29, 0.717) is 5.39 Å². The van der Waals surface area contributed by atoms with Gasteiger partial charge in [-0.2, -0.15) is 0 Å². The molecule has 6 heteroatoms. The maximum absolute atomic E-state index is 12.2. The number of carbonyl (C=O) groups is 1. The van der Waals surface area contributed by atoms with Crippen LogP contribution in [0.5, 0.6) is 0 Å². The smallest absolute Gasteiger partial charge is 0.337 e. The molecule has 0 aliphatic heterocycles. The third kappa shape index (κ3) is 2.47. The molecule has 0 bridgehead atoms. The van der Waals surface area contributed by atoms with Crippen molar-refractivity contribution in [1.29, 1.82) is 0 Å². The van der Waals surface area contributed by atoms with Crippen molar-refractivity contribution in [2.24, 2.45) is 0 Å². The molecule has 0 radical (unpaired) electrons. The van der Waals surface area contributed by atoms with Gasteiger partial charge in [0.05, 0.1) is 23.2 Å². The highest BCUT2D eigenvalue weighted by atomic mass is 35.5. The van der Waals surface area contributed by atoms with Crippen LogP contribution in [-0.4, -0.2) is 26.9 Å². The number of aromatic nitrogens is 1. The zero-order chi connectivity index (χ0) is 14.2. The number of nitrogens with zero attached hydrogens (tertiary/aromatic N) is 1. The number of aromatic carboxylic acids is 1. The van der Waals surface area contributed by atoms with Crippen LogP contribution in [0.3, 0.4) is 0 Å². The molecule has 1 unspecified atom stereocenters. The second-order valence-corrected chi connectivity index (χ2v) is 4.72. The highest BCUT2D eigenvalue weighted by Gasteiger charge is 2.15. The van der Waals surface area contributed by atoms with Gasteiger partial charge in [0.1, 0.15) is 0 Å². The van der Waals surface area contributed by atoms with Gasteiger partial charge >= 0.3 is 5.97 Å². The first kappa shape index (κ1) is 13.6. The van der Waals surface area contributed by atoms with Gasteiger partial charge in [0.25, 0.3) is 5.56 Å². The fourth-order valence-corrected chi connectivity index (χ4v) is 2.23. The largest absolute Gasteiger partial charge is 0.478 e. The van der Waals surface area contributed by atoms with E-state index in [1.54, 1.807) is 6.92 Å². The first-order chi connectivity index (χ1) is 8.91. The third-order valence-electron chi connectivity index (χ3n) is 2.78. The zero-order valence-electron chi connectivity index (χ0n) is 10.1. The SMILES string of the molecule is CC(O)Cn1ccc2c(C(=O)O)c(Cl)ccc2c1=O. The summed E-state index contributed by atoms with van der Waals surface area (Å²) in [7, 11) is 0. The second kappa shape index (κ2) is 5.03. The van der Waals surface area contributed by atoms with E-state index in [4.69, 9.17) is 16.7 Å². The van der Waals surface area contributed by atoms with Crippen LogP contribution in [0.15, 0.2) is 29.2 Å². The minimum atomic E-state index is -1.18. The van der Waals surface area contributed by atoms with E-state index in [2.05, 4.69) is 0 Å². The molecule has 19 heavy (non-hydrogen) atoms.